The number of amidine groups is 1. The summed E-state index contributed by atoms with van der Waals surface area (Å²) in [7, 11) is -2.74. The van der Waals surface area contributed by atoms with Crippen LogP contribution in [-0.2, 0) is 20.5 Å². The molecule has 0 radical (unpaired) electrons. The van der Waals surface area contributed by atoms with Gasteiger partial charge >= 0.3 is 7.52 Å². The van der Waals surface area contributed by atoms with Crippen LogP contribution < -0.4 is 26.8 Å². The predicted molar refractivity (Wildman–Crippen MR) is 150 cm³/mol. The highest BCUT2D eigenvalue weighted by molar-refractivity contribution is 7.66. The van der Waals surface area contributed by atoms with Gasteiger partial charge in [0.25, 0.3) is 5.56 Å². The van der Waals surface area contributed by atoms with Gasteiger partial charge in [-0.3, -0.25) is 9.36 Å². The number of thiophene rings is 1. The molecule has 0 saturated carbocycles. The second-order valence-corrected chi connectivity index (χ2v) is 11.6. The van der Waals surface area contributed by atoms with Gasteiger partial charge in [-0.25, -0.2) is 9.07 Å². The summed E-state index contributed by atoms with van der Waals surface area (Å²) in [5.41, 5.74) is 0.395. The third-order valence-electron chi connectivity index (χ3n) is 5.82. The van der Waals surface area contributed by atoms with E-state index in [4.69, 9.17) is 26.8 Å². The molecule has 11 nitrogen and oxygen atoms in total. The smallest absolute Gasteiger partial charge is 0.348 e. The zero-order valence-corrected chi connectivity index (χ0v) is 23.0. The molecule has 0 spiro atoms. The fourth-order valence-corrected chi connectivity index (χ4v) is 6.31. The number of benzene rings is 2. The molecule has 40 heavy (non-hydrogen) atoms. The summed E-state index contributed by atoms with van der Waals surface area (Å²) in [6, 6.07) is 10.3. The molecule has 15 heteroatoms. The average Bonchev–Trinajstić information content (AvgIpc) is 3.48. The molecule has 206 valence electrons. The van der Waals surface area contributed by atoms with E-state index >= 15 is 0 Å². The molecule has 0 bridgehead atoms. The van der Waals surface area contributed by atoms with E-state index in [1.807, 2.05) is 0 Å². The lowest BCUT2D eigenvalue weighted by Crippen LogP contribution is -2.35. The molecule has 5 rings (SSSR count). The molecule has 2 aromatic heterocycles. The minimum absolute atomic E-state index is 0.0873. The number of ether oxygens (including phenoxy) is 1. The van der Waals surface area contributed by atoms with Gasteiger partial charge in [-0.05, 0) is 47.3 Å². The van der Waals surface area contributed by atoms with Gasteiger partial charge in [0.15, 0.2) is 11.6 Å². The van der Waals surface area contributed by atoms with Crippen LogP contribution in [0.5, 0.6) is 11.5 Å². The van der Waals surface area contributed by atoms with Crippen molar-refractivity contribution in [3.05, 3.63) is 98.1 Å². The van der Waals surface area contributed by atoms with Crippen LogP contribution in [0.4, 0.5) is 10.1 Å². The molecule has 2 aromatic carbocycles. The Morgan fingerprint density at radius 1 is 1.25 bits per heavy atom. The third kappa shape index (κ3) is 5.25. The Kier molecular flexibility index (Phi) is 7.74. The van der Waals surface area contributed by atoms with Gasteiger partial charge in [0, 0.05) is 18.1 Å². The first-order chi connectivity index (χ1) is 19.2. The van der Waals surface area contributed by atoms with E-state index < -0.39 is 24.6 Å². The zero-order chi connectivity index (χ0) is 28.4. The highest BCUT2D eigenvalue weighted by atomic mass is 35.5. The Balaban J connectivity index is 1.65. The van der Waals surface area contributed by atoms with Crippen molar-refractivity contribution in [2.75, 3.05) is 12.4 Å². The second-order valence-electron chi connectivity index (χ2n) is 8.28. The minimum Gasteiger partial charge on any atom is -0.505 e. The fraction of sp³-hybridized carbons (Fsp3) is 0.0800. The Labute approximate surface area is 235 Å². The molecule has 4 aromatic rings. The topological polar surface area (TPSA) is 150 Å². The van der Waals surface area contributed by atoms with Crippen LogP contribution in [0, 0.1) is 5.82 Å². The first-order valence-electron chi connectivity index (χ1n) is 11.4. The van der Waals surface area contributed by atoms with E-state index in [0.717, 1.165) is 10.9 Å². The predicted octanol–water partition coefficient (Wildman–Crippen LogP) is 4.60. The molecule has 0 saturated heterocycles. The number of rotatable bonds is 8. The molecule has 1 atom stereocenters. The van der Waals surface area contributed by atoms with Crippen molar-refractivity contribution in [1.29, 1.82) is 0 Å². The number of fused-ring (bicyclic) bond motifs is 1. The number of hydrogen-bond acceptors (Lipinski definition) is 10. The van der Waals surface area contributed by atoms with Gasteiger partial charge in [0.05, 0.1) is 22.6 Å². The van der Waals surface area contributed by atoms with E-state index in [1.165, 1.54) is 49.0 Å². The number of anilines is 1. The Morgan fingerprint density at radius 2 is 2.08 bits per heavy atom. The molecule has 1 unspecified atom stereocenters. The van der Waals surface area contributed by atoms with Gasteiger partial charge in [-0.1, -0.05) is 17.7 Å². The van der Waals surface area contributed by atoms with E-state index in [1.54, 1.807) is 29.0 Å². The van der Waals surface area contributed by atoms with Gasteiger partial charge in [-0.2, -0.15) is 27.1 Å². The van der Waals surface area contributed by atoms with Crippen LogP contribution in [0.2, 0.25) is 5.02 Å². The zero-order valence-electron chi connectivity index (χ0n) is 20.6. The Morgan fingerprint density at radius 3 is 2.77 bits per heavy atom. The summed E-state index contributed by atoms with van der Waals surface area (Å²) in [4.78, 5) is 18.0. The molecule has 3 heterocycles. The number of aromatic hydroxyl groups is 1. The molecule has 0 amide bonds. The number of nitrogens with one attached hydrogen (secondary N) is 1. The summed E-state index contributed by atoms with van der Waals surface area (Å²) in [6.07, 6.45) is 2.29. The van der Waals surface area contributed by atoms with Crippen molar-refractivity contribution in [2.24, 2.45) is 10.7 Å². The second kappa shape index (κ2) is 11.2. The van der Waals surface area contributed by atoms with Crippen LogP contribution in [0.25, 0.3) is 11.3 Å². The quantitative estimate of drug-likeness (QED) is 0.149. The maximum Gasteiger partial charge on any atom is 0.348 e. The fourth-order valence-electron chi connectivity index (χ4n) is 3.94. The summed E-state index contributed by atoms with van der Waals surface area (Å²) in [6.45, 7) is -0.101. The first-order valence-corrected chi connectivity index (χ1v) is 14.3. The number of hydrogen-bond donors (Lipinski definition) is 3. The van der Waals surface area contributed by atoms with Crippen molar-refractivity contribution in [3.8, 4) is 22.8 Å². The van der Waals surface area contributed by atoms with Crippen LogP contribution >= 0.6 is 30.5 Å². The van der Waals surface area contributed by atoms with Crippen LogP contribution in [0.1, 0.15) is 11.1 Å². The lowest BCUT2D eigenvalue weighted by Gasteiger charge is -2.25. The summed E-state index contributed by atoms with van der Waals surface area (Å²) in [5.74, 6) is 3.96. The van der Waals surface area contributed by atoms with Gasteiger partial charge in [0.2, 0.25) is 0 Å². The van der Waals surface area contributed by atoms with Gasteiger partial charge in [0.1, 0.15) is 35.3 Å². The number of aromatic nitrogens is 2. The van der Waals surface area contributed by atoms with Gasteiger partial charge in [-0.15, -0.1) is 0 Å². The number of nitrogens with zero attached hydrogens (tertiary/aromatic N) is 3. The lowest BCUT2D eigenvalue weighted by molar-refractivity contribution is 0.250. The Bertz CT molecular complexity index is 1760. The minimum atomic E-state index is -3.95. The average molecular weight is 604 g/mol. The molecule has 0 aliphatic carbocycles. The Hall–Kier alpha value is -4.00. The van der Waals surface area contributed by atoms with E-state index in [2.05, 4.69) is 20.0 Å². The van der Waals surface area contributed by atoms with Crippen molar-refractivity contribution in [1.82, 2.24) is 9.78 Å². The van der Waals surface area contributed by atoms with Crippen molar-refractivity contribution in [3.63, 3.8) is 0 Å². The van der Waals surface area contributed by atoms with Crippen molar-refractivity contribution >= 4 is 47.3 Å². The SMILES string of the molecule is COP1(=O)N=C(c2c(O)c(-c3ccsc3)nn(Cc3ccc(F)c(Cl)c3)c2=O)Nc2ccc(OC=CON)cc21. The molecular weight excluding hydrogens is 584 g/mol. The largest absolute Gasteiger partial charge is 0.505 e. The normalized spacial score (nSPS) is 16.4. The first kappa shape index (κ1) is 27.6. The standard InChI is InChI=1S/C25H20ClFN5O6PS/c1-36-39(35)20-11-16(37-7-8-38-28)3-5-19(20)29-24(31-39)21-23(33)22(15-6-9-40-13-15)30-32(25(21)34)12-14-2-4-18(27)17(26)10-14/h2-11,13,33H,12,28H2,1H3,(H,29,31,35). The molecular formula is C25H20ClFN5O6PS. The molecule has 4 N–H and O–H groups in total. The molecule has 0 fully saturated rings. The summed E-state index contributed by atoms with van der Waals surface area (Å²) in [5, 5.41) is 22.2. The van der Waals surface area contributed by atoms with Crippen molar-refractivity contribution in [2.45, 2.75) is 6.54 Å². The number of nitrogens with two attached hydrogens (primary N) is 1. The highest BCUT2D eigenvalue weighted by Gasteiger charge is 2.36. The maximum absolute atomic E-state index is 13.8. The number of halogens is 2. The highest BCUT2D eigenvalue weighted by Crippen LogP contribution is 2.52. The van der Waals surface area contributed by atoms with E-state index in [-0.39, 0.29) is 39.7 Å². The van der Waals surface area contributed by atoms with E-state index in [9.17, 15) is 18.9 Å². The lowest BCUT2D eigenvalue weighted by atomic mass is 10.1. The molecule has 1 aliphatic rings. The van der Waals surface area contributed by atoms with Gasteiger partial charge < -0.3 is 24.5 Å². The van der Waals surface area contributed by atoms with Crippen LogP contribution in [0.15, 0.2) is 75.3 Å². The summed E-state index contributed by atoms with van der Waals surface area (Å²) < 4.78 is 43.6. The third-order valence-corrected chi connectivity index (χ3v) is 8.73. The van der Waals surface area contributed by atoms with E-state index in [0.29, 0.717) is 16.8 Å². The monoisotopic (exact) mass is 603 g/mol. The van der Waals surface area contributed by atoms with Crippen molar-refractivity contribution < 1.29 is 28.2 Å². The maximum atomic E-state index is 13.8. The summed E-state index contributed by atoms with van der Waals surface area (Å²) >= 11 is 7.30. The van der Waals surface area contributed by atoms with Crippen LogP contribution in [0.3, 0.4) is 0 Å². The molecule has 1 aliphatic heterocycles. The van der Waals surface area contributed by atoms with Crippen LogP contribution in [-0.4, -0.2) is 27.8 Å².